The second-order valence-corrected chi connectivity index (χ2v) is 5.40. The van der Waals surface area contributed by atoms with E-state index >= 15 is 0 Å². The van der Waals surface area contributed by atoms with Crippen LogP contribution in [0.2, 0.25) is 0 Å². The van der Waals surface area contributed by atoms with Gasteiger partial charge in [-0.2, -0.15) is 5.10 Å². The van der Waals surface area contributed by atoms with E-state index in [1.807, 2.05) is 30.2 Å². The lowest BCUT2D eigenvalue weighted by molar-refractivity contribution is 0.746. The van der Waals surface area contributed by atoms with Crippen LogP contribution < -0.4 is 0 Å². The molecule has 0 aliphatic heterocycles. The van der Waals surface area contributed by atoms with Crippen LogP contribution in [0.4, 0.5) is 0 Å². The summed E-state index contributed by atoms with van der Waals surface area (Å²) in [6, 6.07) is 6.22. The van der Waals surface area contributed by atoms with Gasteiger partial charge in [-0.25, -0.2) is 4.98 Å². The summed E-state index contributed by atoms with van der Waals surface area (Å²) in [6.45, 7) is 2.90. The number of benzene rings is 1. The molecule has 2 heterocycles. The minimum absolute atomic E-state index is 0.579. The third kappa shape index (κ3) is 2.31. The van der Waals surface area contributed by atoms with Gasteiger partial charge in [0.2, 0.25) is 0 Å². The average Bonchev–Trinajstić information content (AvgIpc) is 2.96. The molecule has 5 heteroatoms. The molecule has 2 aromatic heterocycles. The number of imidazole rings is 1. The first-order chi connectivity index (χ1) is 9.69. The van der Waals surface area contributed by atoms with Gasteiger partial charge in [-0.3, -0.25) is 4.68 Å². The zero-order valence-electron chi connectivity index (χ0n) is 11.7. The van der Waals surface area contributed by atoms with Crippen molar-refractivity contribution in [2.24, 2.45) is 7.05 Å². The quantitative estimate of drug-likeness (QED) is 0.692. The molecule has 3 rings (SSSR count). The highest BCUT2D eigenvalue weighted by atomic mass is 35.5. The van der Waals surface area contributed by atoms with Crippen molar-refractivity contribution in [2.45, 2.75) is 19.9 Å². The first-order valence-electron chi connectivity index (χ1n) is 6.67. The number of aromatic nitrogens is 4. The molecule has 104 valence electrons. The average molecular weight is 289 g/mol. The van der Waals surface area contributed by atoms with Crippen molar-refractivity contribution in [1.82, 2.24) is 19.3 Å². The van der Waals surface area contributed by atoms with Gasteiger partial charge >= 0.3 is 0 Å². The lowest BCUT2D eigenvalue weighted by atomic mass is 10.2. The zero-order chi connectivity index (χ0) is 14.1. The Morgan fingerprint density at radius 3 is 2.85 bits per heavy atom. The van der Waals surface area contributed by atoms with E-state index in [-0.39, 0.29) is 0 Å². The number of alkyl halides is 1. The van der Waals surface area contributed by atoms with Crippen molar-refractivity contribution in [3.63, 3.8) is 0 Å². The predicted molar refractivity (Wildman–Crippen MR) is 81.2 cm³/mol. The smallest absolute Gasteiger partial charge is 0.111 e. The monoisotopic (exact) mass is 288 g/mol. The first-order valence-corrected chi connectivity index (χ1v) is 7.20. The molecule has 0 amide bonds. The Morgan fingerprint density at radius 2 is 2.15 bits per heavy atom. The van der Waals surface area contributed by atoms with Crippen LogP contribution in [0.3, 0.4) is 0 Å². The van der Waals surface area contributed by atoms with Gasteiger partial charge in [0.25, 0.3) is 0 Å². The highest BCUT2D eigenvalue weighted by Gasteiger charge is 2.13. The van der Waals surface area contributed by atoms with Crippen molar-refractivity contribution >= 4 is 22.6 Å². The molecular formula is C15H17ClN4. The molecule has 0 spiro atoms. The van der Waals surface area contributed by atoms with Crippen LogP contribution in [0.15, 0.2) is 30.6 Å². The fraction of sp³-hybridized carbons (Fsp3) is 0.333. The van der Waals surface area contributed by atoms with E-state index < -0.39 is 0 Å². The van der Waals surface area contributed by atoms with Crippen LogP contribution in [-0.2, 0) is 20.0 Å². The largest absolute Gasteiger partial charge is 0.323 e. The number of nitrogens with zero attached hydrogens (tertiary/aromatic N) is 4. The first kappa shape index (κ1) is 13.2. The second kappa shape index (κ2) is 5.29. The van der Waals surface area contributed by atoms with Crippen molar-refractivity contribution in [2.75, 3.05) is 5.88 Å². The van der Waals surface area contributed by atoms with Crippen molar-refractivity contribution in [1.29, 1.82) is 0 Å². The molecule has 3 aromatic rings. The summed E-state index contributed by atoms with van der Waals surface area (Å²) in [7, 11) is 1.93. The molecule has 20 heavy (non-hydrogen) atoms. The topological polar surface area (TPSA) is 35.6 Å². The van der Waals surface area contributed by atoms with Crippen molar-refractivity contribution in [3.05, 3.63) is 47.5 Å². The molecule has 0 saturated heterocycles. The van der Waals surface area contributed by atoms with E-state index in [9.17, 15) is 0 Å². The van der Waals surface area contributed by atoms with Gasteiger partial charge in [0, 0.05) is 31.1 Å². The summed E-state index contributed by atoms with van der Waals surface area (Å²) in [5.41, 5.74) is 4.64. The Labute approximate surface area is 123 Å². The Balaban J connectivity index is 2.12. The standard InChI is InChI=1S/C15H17ClN4/c1-11-4-3-5-13-15(11)20(14(18-13)6-7-16)10-12-8-17-19(2)9-12/h3-5,8-9H,6-7,10H2,1-2H3. The molecule has 1 aromatic carbocycles. The predicted octanol–water partition coefficient (Wildman–Crippen LogP) is 2.91. The molecule has 0 saturated carbocycles. The van der Waals surface area contributed by atoms with Crippen LogP contribution in [0.1, 0.15) is 17.0 Å². The lowest BCUT2D eigenvalue weighted by Crippen LogP contribution is -2.06. The van der Waals surface area contributed by atoms with Gasteiger partial charge < -0.3 is 4.57 Å². The fourth-order valence-electron chi connectivity index (χ4n) is 2.60. The molecule has 0 radical (unpaired) electrons. The summed E-state index contributed by atoms with van der Waals surface area (Å²) in [5, 5.41) is 4.23. The van der Waals surface area contributed by atoms with Crippen LogP contribution in [0.25, 0.3) is 11.0 Å². The molecule has 4 nitrogen and oxygen atoms in total. The van der Waals surface area contributed by atoms with Gasteiger partial charge in [-0.1, -0.05) is 12.1 Å². The van der Waals surface area contributed by atoms with Crippen LogP contribution in [0.5, 0.6) is 0 Å². The van der Waals surface area contributed by atoms with Gasteiger partial charge in [0.1, 0.15) is 5.82 Å². The summed E-state index contributed by atoms with van der Waals surface area (Å²) in [5.74, 6) is 1.61. The zero-order valence-corrected chi connectivity index (χ0v) is 12.4. The van der Waals surface area contributed by atoms with Gasteiger partial charge in [-0.05, 0) is 18.6 Å². The molecule has 0 fully saturated rings. The third-order valence-corrected chi connectivity index (χ3v) is 3.65. The highest BCUT2D eigenvalue weighted by Crippen LogP contribution is 2.22. The Kier molecular flexibility index (Phi) is 3.49. The molecule has 0 aliphatic carbocycles. The molecule has 0 bridgehead atoms. The summed E-state index contributed by atoms with van der Waals surface area (Å²) in [4.78, 5) is 4.72. The number of para-hydroxylation sites is 1. The second-order valence-electron chi connectivity index (χ2n) is 5.02. The van der Waals surface area contributed by atoms with E-state index in [4.69, 9.17) is 16.6 Å². The maximum Gasteiger partial charge on any atom is 0.111 e. The summed E-state index contributed by atoms with van der Waals surface area (Å²) < 4.78 is 4.08. The maximum absolute atomic E-state index is 5.91. The van der Waals surface area contributed by atoms with E-state index in [1.54, 1.807) is 0 Å². The maximum atomic E-state index is 5.91. The van der Waals surface area contributed by atoms with Gasteiger partial charge in [0.15, 0.2) is 0 Å². The summed E-state index contributed by atoms with van der Waals surface area (Å²) in [6.07, 6.45) is 4.71. The molecule has 0 unspecified atom stereocenters. The number of rotatable bonds is 4. The van der Waals surface area contributed by atoms with E-state index in [0.717, 1.165) is 24.3 Å². The van der Waals surface area contributed by atoms with Gasteiger partial charge in [-0.15, -0.1) is 11.6 Å². The van der Waals surface area contributed by atoms with Crippen LogP contribution >= 0.6 is 11.6 Å². The minimum atomic E-state index is 0.579. The van der Waals surface area contributed by atoms with E-state index in [0.29, 0.717) is 5.88 Å². The van der Waals surface area contributed by atoms with Crippen LogP contribution in [0, 0.1) is 6.92 Å². The fourth-order valence-corrected chi connectivity index (χ4v) is 2.76. The normalized spacial score (nSPS) is 11.3. The lowest BCUT2D eigenvalue weighted by Gasteiger charge is -2.08. The Bertz CT molecular complexity index is 741. The van der Waals surface area contributed by atoms with Crippen molar-refractivity contribution < 1.29 is 0 Å². The number of aryl methyl sites for hydroxylation is 3. The van der Waals surface area contributed by atoms with Crippen LogP contribution in [-0.4, -0.2) is 25.2 Å². The molecule has 0 atom stereocenters. The van der Waals surface area contributed by atoms with Gasteiger partial charge in [0.05, 0.1) is 23.8 Å². The number of fused-ring (bicyclic) bond motifs is 1. The molecular weight excluding hydrogens is 272 g/mol. The molecule has 0 aliphatic rings. The Hall–Kier alpha value is -1.81. The number of hydrogen-bond donors (Lipinski definition) is 0. The summed E-state index contributed by atoms with van der Waals surface area (Å²) >= 11 is 5.91. The highest BCUT2D eigenvalue weighted by molar-refractivity contribution is 6.17. The van der Waals surface area contributed by atoms with Crippen molar-refractivity contribution in [3.8, 4) is 0 Å². The third-order valence-electron chi connectivity index (χ3n) is 3.46. The minimum Gasteiger partial charge on any atom is -0.323 e. The Morgan fingerprint density at radius 1 is 1.30 bits per heavy atom. The SMILES string of the molecule is Cc1cccc2nc(CCCl)n(Cc3cnn(C)c3)c12. The van der Waals surface area contributed by atoms with E-state index in [1.165, 1.54) is 16.6 Å². The molecule has 0 N–H and O–H groups in total. The number of hydrogen-bond acceptors (Lipinski definition) is 2. The van der Waals surface area contributed by atoms with E-state index in [2.05, 4.69) is 28.7 Å². The number of halogens is 1.